The minimum absolute atomic E-state index is 0.806. The second-order valence-corrected chi connectivity index (χ2v) is 4.83. The van der Waals surface area contributed by atoms with E-state index in [1.54, 1.807) is 7.11 Å². The Bertz CT molecular complexity index is 508. The highest BCUT2D eigenvalue weighted by Crippen LogP contribution is 2.24. The summed E-state index contributed by atoms with van der Waals surface area (Å²) in [4.78, 5) is 0. The van der Waals surface area contributed by atoms with Gasteiger partial charge in [0, 0.05) is 42.2 Å². The Kier molecular flexibility index (Phi) is 3.74. The molecule has 0 atom stereocenters. The number of nitrogens with zero attached hydrogens (tertiary/aromatic N) is 1. The van der Waals surface area contributed by atoms with Crippen LogP contribution < -0.4 is 10.1 Å². The van der Waals surface area contributed by atoms with Gasteiger partial charge in [-0.1, -0.05) is 15.9 Å². The molecule has 0 fully saturated rings. The van der Waals surface area contributed by atoms with Crippen molar-refractivity contribution in [1.29, 1.82) is 0 Å². The van der Waals surface area contributed by atoms with Gasteiger partial charge in [0.2, 0.25) is 0 Å². The maximum Gasteiger partial charge on any atom is 0.122 e. The lowest BCUT2D eigenvalue weighted by atomic mass is 10.2. The van der Waals surface area contributed by atoms with E-state index in [1.165, 1.54) is 5.56 Å². The molecular formula is C13H15BrN2O. The molecule has 4 heteroatoms. The van der Waals surface area contributed by atoms with Gasteiger partial charge in [-0.25, -0.2) is 0 Å². The standard InChI is InChI=1S/C13H15BrN2O/c1-16-4-3-10(9-16)8-15-12-5-11(14)6-13(7-12)17-2/h3-7,9,15H,8H2,1-2H3. The molecule has 0 aliphatic rings. The molecule has 1 aromatic carbocycles. The molecule has 0 aliphatic heterocycles. The van der Waals surface area contributed by atoms with Gasteiger partial charge < -0.3 is 14.6 Å². The first kappa shape index (κ1) is 12.0. The van der Waals surface area contributed by atoms with Gasteiger partial charge in [0.25, 0.3) is 0 Å². The topological polar surface area (TPSA) is 26.2 Å². The summed E-state index contributed by atoms with van der Waals surface area (Å²) in [5, 5.41) is 3.37. The molecule has 0 bridgehead atoms. The first-order valence-corrected chi connectivity index (χ1v) is 6.16. The van der Waals surface area contributed by atoms with Crippen molar-refractivity contribution in [3.05, 3.63) is 46.7 Å². The number of ether oxygens (including phenoxy) is 1. The molecule has 1 heterocycles. The number of nitrogens with one attached hydrogen (secondary N) is 1. The molecule has 2 aromatic rings. The lowest BCUT2D eigenvalue weighted by Crippen LogP contribution is -1.98. The molecule has 0 aliphatic carbocycles. The molecule has 0 spiro atoms. The lowest BCUT2D eigenvalue weighted by molar-refractivity contribution is 0.414. The molecule has 0 saturated carbocycles. The monoisotopic (exact) mass is 294 g/mol. The van der Waals surface area contributed by atoms with Crippen LogP contribution in [0.3, 0.4) is 0 Å². The van der Waals surface area contributed by atoms with Crippen LogP contribution in [0.15, 0.2) is 41.1 Å². The van der Waals surface area contributed by atoms with Crippen LogP contribution in [0, 0.1) is 0 Å². The van der Waals surface area contributed by atoms with E-state index < -0.39 is 0 Å². The van der Waals surface area contributed by atoms with Crippen LogP contribution in [-0.4, -0.2) is 11.7 Å². The molecule has 3 nitrogen and oxygen atoms in total. The number of rotatable bonds is 4. The molecule has 0 amide bonds. The van der Waals surface area contributed by atoms with E-state index >= 15 is 0 Å². The van der Waals surface area contributed by atoms with Gasteiger partial charge in [0.1, 0.15) is 5.75 Å². The molecular weight excluding hydrogens is 280 g/mol. The smallest absolute Gasteiger partial charge is 0.122 e. The molecule has 1 aromatic heterocycles. The summed E-state index contributed by atoms with van der Waals surface area (Å²) in [6.45, 7) is 0.806. The number of methoxy groups -OCH3 is 1. The summed E-state index contributed by atoms with van der Waals surface area (Å²) in [5.41, 5.74) is 2.30. The van der Waals surface area contributed by atoms with Crippen LogP contribution in [0.2, 0.25) is 0 Å². The molecule has 0 saturated heterocycles. The summed E-state index contributed by atoms with van der Waals surface area (Å²) in [5.74, 6) is 0.843. The van der Waals surface area contributed by atoms with Crippen LogP contribution in [0.4, 0.5) is 5.69 Å². The average Bonchev–Trinajstić information content (AvgIpc) is 2.72. The van der Waals surface area contributed by atoms with E-state index in [2.05, 4.69) is 33.5 Å². The van der Waals surface area contributed by atoms with Crippen molar-refractivity contribution >= 4 is 21.6 Å². The largest absolute Gasteiger partial charge is 0.497 e. The Morgan fingerprint density at radius 1 is 1.35 bits per heavy atom. The summed E-state index contributed by atoms with van der Waals surface area (Å²) in [6, 6.07) is 8.05. The maximum absolute atomic E-state index is 5.22. The zero-order valence-corrected chi connectivity index (χ0v) is 11.5. The molecule has 2 rings (SSSR count). The van der Waals surface area contributed by atoms with Crippen LogP contribution in [-0.2, 0) is 13.6 Å². The fourth-order valence-electron chi connectivity index (χ4n) is 1.65. The quantitative estimate of drug-likeness (QED) is 0.935. The number of benzene rings is 1. The molecule has 17 heavy (non-hydrogen) atoms. The van der Waals surface area contributed by atoms with Crippen LogP contribution in [0.1, 0.15) is 5.56 Å². The highest BCUT2D eigenvalue weighted by molar-refractivity contribution is 9.10. The number of aromatic nitrogens is 1. The predicted octanol–water partition coefficient (Wildman–Crippen LogP) is 3.41. The highest BCUT2D eigenvalue weighted by Gasteiger charge is 2.00. The van der Waals surface area contributed by atoms with E-state index in [4.69, 9.17) is 4.74 Å². The van der Waals surface area contributed by atoms with Crippen molar-refractivity contribution in [2.24, 2.45) is 7.05 Å². The fraction of sp³-hybridized carbons (Fsp3) is 0.231. The summed E-state index contributed by atoms with van der Waals surface area (Å²) in [7, 11) is 3.69. The van der Waals surface area contributed by atoms with Gasteiger partial charge in [-0.2, -0.15) is 0 Å². The van der Waals surface area contributed by atoms with Crippen LogP contribution in [0.25, 0.3) is 0 Å². The maximum atomic E-state index is 5.22. The fourth-order valence-corrected chi connectivity index (χ4v) is 2.12. The predicted molar refractivity (Wildman–Crippen MR) is 73.4 cm³/mol. The second-order valence-electron chi connectivity index (χ2n) is 3.92. The van der Waals surface area contributed by atoms with E-state index in [1.807, 2.05) is 36.0 Å². The number of hydrogen-bond donors (Lipinski definition) is 1. The van der Waals surface area contributed by atoms with E-state index in [0.29, 0.717) is 0 Å². The van der Waals surface area contributed by atoms with Gasteiger partial charge >= 0.3 is 0 Å². The summed E-state index contributed by atoms with van der Waals surface area (Å²) >= 11 is 3.46. The molecule has 0 radical (unpaired) electrons. The Hall–Kier alpha value is -1.42. The lowest BCUT2D eigenvalue weighted by Gasteiger charge is -2.08. The minimum Gasteiger partial charge on any atom is -0.497 e. The van der Waals surface area contributed by atoms with Gasteiger partial charge in [-0.3, -0.25) is 0 Å². The van der Waals surface area contributed by atoms with E-state index in [-0.39, 0.29) is 0 Å². The zero-order valence-electron chi connectivity index (χ0n) is 9.90. The van der Waals surface area contributed by atoms with Crippen molar-refractivity contribution in [1.82, 2.24) is 4.57 Å². The van der Waals surface area contributed by atoms with Crippen molar-refractivity contribution in [3.8, 4) is 5.75 Å². The van der Waals surface area contributed by atoms with E-state index in [0.717, 1.165) is 22.5 Å². The minimum atomic E-state index is 0.806. The average molecular weight is 295 g/mol. The van der Waals surface area contributed by atoms with Crippen molar-refractivity contribution in [2.75, 3.05) is 12.4 Å². The van der Waals surface area contributed by atoms with Crippen molar-refractivity contribution in [2.45, 2.75) is 6.54 Å². The van der Waals surface area contributed by atoms with Gasteiger partial charge in [-0.15, -0.1) is 0 Å². The third-order valence-electron chi connectivity index (χ3n) is 2.50. The first-order chi connectivity index (χ1) is 8.17. The Balaban J connectivity index is 2.05. The Morgan fingerprint density at radius 2 is 2.18 bits per heavy atom. The SMILES string of the molecule is COc1cc(Br)cc(NCc2ccn(C)c2)c1. The Morgan fingerprint density at radius 3 is 2.82 bits per heavy atom. The van der Waals surface area contributed by atoms with Gasteiger partial charge in [0.05, 0.1) is 7.11 Å². The molecule has 1 N–H and O–H groups in total. The third-order valence-corrected chi connectivity index (χ3v) is 2.95. The summed E-state index contributed by atoms with van der Waals surface area (Å²) in [6.07, 6.45) is 4.14. The van der Waals surface area contributed by atoms with E-state index in [9.17, 15) is 0 Å². The summed E-state index contributed by atoms with van der Waals surface area (Å²) < 4.78 is 8.26. The first-order valence-electron chi connectivity index (χ1n) is 5.36. The van der Waals surface area contributed by atoms with Crippen LogP contribution >= 0.6 is 15.9 Å². The molecule has 90 valence electrons. The number of hydrogen-bond acceptors (Lipinski definition) is 2. The third kappa shape index (κ3) is 3.27. The zero-order chi connectivity index (χ0) is 12.3. The highest BCUT2D eigenvalue weighted by atomic mass is 79.9. The second kappa shape index (κ2) is 5.27. The number of halogens is 1. The molecule has 0 unspecified atom stereocenters. The Labute approximate surface area is 110 Å². The van der Waals surface area contributed by atoms with Crippen LogP contribution in [0.5, 0.6) is 5.75 Å². The number of aryl methyl sites for hydroxylation is 1. The van der Waals surface area contributed by atoms with Gasteiger partial charge in [0.15, 0.2) is 0 Å². The van der Waals surface area contributed by atoms with Gasteiger partial charge in [-0.05, 0) is 23.8 Å². The van der Waals surface area contributed by atoms with Crippen molar-refractivity contribution < 1.29 is 4.74 Å². The number of anilines is 1. The van der Waals surface area contributed by atoms with Crippen molar-refractivity contribution in [3.63, 3.8) is 0 Å². The normalized spacial score (nSPS) is 10.3.